The predicted molar refractivity (Wildman–Crippen MR) is 90.5 cm³/mol. The fourth-order valence-corrected chi connectivity index (χ4v) is 2.36. The van der Waals surface area contributed by atoms with Crippen molar-refractivity contribution in [3.8, 4) is 0 Å². The summed E-state index contributed by atoms with van der Waals surface area (Å²) < 4.78 is 0. The minimum atomic E-state index is -0.517. The molecule has 0 fully saturated rings. The molecule has 1 aromatic rings. The van der Waals surface area contributed by atoms with E-state index in [-0.39, 0.29) is 5.78 Å². The van der Waals surface area contributed by atoms with Crippen molar-refractivity contribution in [2.24, 2.45) is 5.16 Å². The van der Waals surface area contributed by atoms with Crippen molar-refractivity contribution in [1.82, 2.24) is 0 Å². The smallest absolute Gasteiger partial charge is 0.318 e. The maximum atomic E-state index is 12.5. The Morgan fingerprint density at radius 3 is 2.36 bits per heavy atom. The first-order chi connectivity index (χ1) is 10.6. The molecule has 0 atom stereocenters. The molecule has 1 rings (SSSR count). The van der Waals surface area contributed by atoms with Gasteiger partial charge in [0.1, 0.15) is 5.71 Å². The molecule has 0 saturated heterocycles. The summed E-state index contributed by atoms with van der Waals surface area (Å²) in [6, 6.07) is 7.36. The summed E-state index contributed by atoms with van der Waals surface area (Å²) >= 11 is 1.62. The molecular formula is C17H23NO3S. The molecule has 0 saturated carbocycles. The van der Waals surface area contributed by atoms with E-state index in [1.54, 1.807) is 23.9 Å². The Hall–Kier alpha value is -1.62. The number of hydrogen-bond donors (Lipinski definition) is 0. The van der Waals surface area contributed by atoms with Gasteiger partial charge in [0.2, 0.25) is 5.78 Å². The van der Waals surface area contributed by atoms with Crippen molar-refractivity contribution in [3.63, 3.8) is 0 Å². The maximum absolute atomic E-state index is 12.5. The van der Waals surface area contributed by atoms with Gasteiger partial charge in [-0.05, 0) is 43.4 Å². The number of rotatable bonds is 9. The van der Waals surface area contributed by atoms with Crippen LogP contribution < -0.4 is 0 Å². The average molecular weight is 321 g/mol. The second kappa shape index (κ2) is 10.2. The first kappa shape index (κ1) is 18.4. The zero-order valence-electron chi connectivity index (χ0n) is 13.4. The van der Waals surface area contributed by atoms with Gasteiger partial charge in [0.05, 0.1) is 0 Å². The molecule has 0 heterocycles. The van der Waals surface area contributed by atoms with E-state index in [9.17, 15) is 9.59 Å². The first-order valence-corrected chi connectivity index (χ1v) is 8.74. The Bertz CT molecular complexity index is 523. The molecule has 0 aromatic heterocycles. The van der Waals surface area contributed by atoms with Gasteiger partial charge in [-0.1, -0.05) is 31.3 Å². The second-order valence-electron chi connectivity index (χ2n) is 4.99. The number of ketones is 1. The van der Waals surface area contributed by atoms with Crippen LogP contribution in [0.25, 0.3) is 0 Å². The first-order valence-electron chi connectivity index (χ1n) is 7.51. The third-order valence-corrected chi connectivity index (χ3v) is 3.91. The van der Waals surface area contributed by atoms with Crippen LogP contribution in [0, 0.1) is 0 Å². The lowest BCUT2D eigenvalue weighted by Gasteiger charge is -2.06. The van der Waals surface area contributed by atoms with E-state index in [1.165, 1.54) is 6.92 Å². The highest BCUT2D eigenvalue weighted by Crippen LogP contribution is 2.16. The summed E-state index contributed by atoms with van der Waals surface area (Å²) in [5, 5.41) is 3.75. The van der Waals surface area contributed by atoms with Crippen molar-refractivity contribution < 1.29 is 14.4 Å². The van der Waals surface area contributed by atoms with E-state index >= 15 is 0 Å². The summed E-state index contributed by atoms with van der Waals surface area (Å²) in [6.07, 6.45) is 6.66. The Morgan fingerprint density at radius 2 is 1.82 bits per heavy atom. The third-order valence-electron chi connectivity index (χ3n) is 3.17. The van der Waals surface area contributed by atoms with Gasteiger partial charge in [0.25, 0.3) is 0 Å². The number of hydrogen-bond acceptors (Lipinski definition) is 5. The summed E-state index contributed by atoms with van der Waals surface area (Å²) in [7, 11) is 0. The molecule has 0 aliphatic carbocycles. The third kappa shape index (κ3) is 6.43. The molecule has 0 bridgehead atoms. The molecule has 0 unspecified atom stereocenters. The van der Waals surface area contributed by atoms with Gasteiger partial charge in [-0.25, -0.2) is 4.79 Å². The standard InChI is InChI=1S/C17H23NO3S/c1-4-5-6-7-8-16(18-21-13(2)19)17(20)14-9-11-15(22-3)12-10-14/h9-12H,4-8H2,1-3H3. The van der Waals surface area contributed by atoms with Crippen LogP contribution in [0.15, 0.2) is 34.3 Å². The van der Waals surface area contributed by atoms with Crippen molar-refractivity contribution >= 4 is 29.2 Å². The van der Waals surface area contributed by atoms with Gasteiger partial charge < -0.3 is 4.84 Å². The average Bonchev–Trinajstić information content (AvgIpc) is 2.53. The van der Waals surface area contributed by atoms with Crippen LogP contribution in [-0.2, 0) is 9.63 Å². The number of thioether (sulfide) groups is 1. The number of unbranched alkanes of at least 4 members (excludes halogenated alkanes) is 3. The SMILES string of the molecule is CCCCCCC(=NOC(C)=O)C(=O)c1ccc(SC)cc1. The van der Waals surface area contributed by atoms with Gasteiger partial charge in [-0.2, -0.15) is 0 Å². The van der Waals surface area contributed by atoms with Gasteiger partial charge in [0, 0.05) is 17.4 Å². The molecule has 0 N–H and O–H groups in total. The summed E-state index contributed by atoms with van der Waals surface area (Å²) in [4.78, 5) is 29.2. The van der Waals surface area contributed by atoms with Crippen molar-refractivity contribution in [3.05, 3.63) is 29.8 Å². The Kier molecular flexibility index (Phi) is 8.51. The van der Waals surface area contributed by atoms with Gasteiger partial charge in [-0.15, -0.1) is 11.8 Å². The Balaban J connectivity index is 2.80. The molecule has 0 aliphatic rings. The van der Waals surface area contributed by atoms with Crippen LogP contribution in [0.3, 0.4) is 0 Å². The topological polar surface area (TPSA) is 55.7 Å². The number of carbonyl (C=O) groups is 2. The van der Waals surface area contributed by atoms with Crippen LogP contribution in [0.1, 0.15) is 56.3 Å². The molecule has 0 radical (unpaired) electrons. The van der Waals surface area contributed by atoms with E-state index in [4.69, 9.17) is 0 Å². The van der Waals surface area contributed by atoms with Crippen molar-refractivity contribution in [1.29, 1.82) is 0 Å². The largest absolute Gasteiger partial charge is 0.331 e. The van der Waals surface area contributed by atoms with Gasteiger partial charge in [-0.3, -0.25) is 4.79 Å². The molecule has 1 aromatic carbocycles. The zero-order valence-corrected chi connectivity index (χ0v) is 14.2. The maximum Gasteiger partial charge on any atom is 0.331 e. The van der Waals surface area contributed by atoms with E-state index in [0.29, 0.717) is 17.7 Å². The monoisotopic (exact) mass is 321 g/mol. The van der Waals surface area contributed by atoms with Crippen LogP contribution in [-0.4, -0.2) is 23.7 Å². The van der Waals surface area contributed by atoms with E-state index in [0.717, 1.165) is 30.6 Å². The number of benzene rings is 1. The van der Waals surface area contributed by atoms with Crippen LogP contribution in [0.5, 0.6) is 0 Å². The molecule has 4 nitrogen and oxygen atoms in total. The molecule has 22 heavy (non-hydrogen) atoms. The van der Waals surface area contributed by atoms with Crippen molar-refractivity contribution in [2.75, 3.05) is 6.26 Å². The summed E-state index contributed by atoms with van der Waals surface area (Å²) in [5.41, 5.74) is 0.877. The quantitative estimate of drug-likeness (QED) is 0.168. The van der Waals surface area contributed by atoms with Crippen LogP contribution >= 0.6 is 11.8 Å². The van der Waals surface area contributed by atoms with Gasteiger partial charge in [0.15, 0.2) is 0 Å². The second-order valence-corrected chi connectivity index (χ2v) is 5.87. The summed E-state index contributed by atoms with van der Waals surface area (Å²) in [5.74, 6) is -0.693. The normalized spacial score (nSPS) is 11.3. The zero-order chi connectivity index (χ0) is 16.4. The van der Waals surface area contributed by atoms with E-state index < -0.39 is 5.97 Å². The Morgan fingerprint density at radius 1 is 1.14 bits per heavy atom. The molecular weight excluding hydrogens is 298 g/mol. The molecule has 5 heteroatoms. The van der Waals surface area contributed by atoms with Crippen LogP contribution in [0.4, 0.5) is 0 Å². The van der Waals surface area contributed by atoms with E-state index in [1.807, 2.05) is 18.4 Å². The lowest BCUT2D eigenvalue weighted by molar-refractivity contribution is -0.140. The molecule has 120 valence electrons. The minimum Gasteiger partial charge on any atom is -0.318 e. The molecule has 0 aliphatic heterocycles. The molecule has 0 amide bonds. The van der Waals surface area contributed by atoms with Gasteiger partial charge >= 0.3 is 5.97 Å². The minimum absolute atomic E-state index is 0.176. The highest BCUT2D eigenvalue weighted by Gasteiger charge is 2.15. The van der Waals surface area contributed by atoms with E-state index in [2.05, 4.69) is 16.9 Å². The highest BCUT2D eigenvalue weighted by molar-refractivity contribution is 7.98. The molecule has 0 spiro atoms. The number of carbonyl (C=O) groups excluding carboxylic acids is 2. The lowest BCUT2D eigenvalue weighted by atomic mass is 10.0. The number of nitrogens with zero attached hydrogens (tertiary/aromatic N) is 1. The Labute approximate surface area is 136 Å². The number of Topliss-reactive ketones (excluding diaryl/α,β-unsaturated/α-hetero) is 1. The fourth-order valence-electron chi connectivity index (χ4n) is 1.95. The van der Waals surface area contributed by atoms with Crippen molar-refractivity contribution in [2.45, 2.75) is 50.8 Å². The fraction of sp³-hybridized carbons (Fsp3) is 0.471. The highest BCUT2D eigenvalue weighted by atomic mass is 32.2. The summed E-state index contributed by atoms with van der Waals surface area (Å²) in [6.45, 7) is 3.41. The number of oxime groups is 1. The lowest BCUT2D eigenvalue weighted by Crippen LogP contribution is -2.15. The predicted octanol–water partition coefficient (Wildman–Crippen LogP) is 4.48. The van der Waals surface area contributed by atoms with Crippen LogP contribution in [0.2, 0.25) is 0 Å².